The molecule has 15 heteroatoms. The van der Waals surface area contributed by atoms with Crippen LogP contribution in [-0.2, 0) is 25.7 Å². The highest BCUT2D eigenvalue weighted by Gasteiger charge is 2.40. The number of carbonyl (C=O) groups is 6. The molecular formula is C44H53N9O6. The summed E-state index contributed by atoms with van der Waals surface area (Å²) in [7, 11) is 0. The second-order valence-electron chi connectivity index (χ2n) is 15.7. The zero-order valence-electron chi connectivity index (χ0n) is 33.4. The molecule has 0 spiro atoms. The Morgan fingerprint density at radius 3 is 2.42 bits per heavy atom. The van der Waals surface area contributed by atoms with E-state index in [1.54, 1.807) is 30.7 Å². The van der Waals surface area contributed by atoms with Crippen molar-refractivity contribution < 1.29 is 28.8 Å². The van der Waals surface area contributed by atoms with Crippen LogP contribution in [0.25, 0.3) is 6.08 Å². The lowest BCUT2D eigenvalue weighted by Crippen LogP contribution is -2.52. The number of amides is 6. The fourth-order valence-corrected chi connectivity index (χ4v) is 8.34. The van der Waals surface area contributed by atoms with E-state index in [2.05, 4.69) is 30.8 Å². The first kappa shape index (κ1) is 41.1. The van der Waals surface area contributed by atoms with Gasteiger partial charge in [0.05, 0.1) is 5.56 Å². The molecule has 6 amide bonds. The Kier molecular flexibility index (Phi) is 13.6. The fraction of sp³-hybridized carbons (Fsp3) is 0.455. The molecule has 0 bridgehead atoms. The van der Waals surface area contributed by atoms with E-state index in [0.29, 0.717) is 82.1 Å². The number of benzene rings is 1. The van der Waals surface area contributed by atoms with Crippen LogP contribution in [0.2, 0.25) is 0 Å². The Labute approximate surface area is 344 Å². The maximum Gasteiger partial charge on any atom is 0.255 e. The molecule has 1 aromatic carbocycles. The molecular weight excluding hydrogens is 751 g/mol. The third kappa shape index (κ3) is 10.5. The summed E-state index contributed by atoms with van der Waals surface area (Å²) >= 11 is 0. The molecule has 3 aromatic rings. The Hall–Kier alpha value is -6.12. The quantitative estimate of drug-likeness (QED) is 0.117. The highest BCUT2D eigenvalue weighted by molar-refractivity contribution is 6.06. The number of unbranched alkanes of at least 4 members (excludes halogenated alkanes) is 1. The molecule has 3 fully saturated rings. The molecule has 0 aliphatic carbocycles. The van der Waals surface area contributed by atoms with Crippen LogP contribution >= 0.6 is 0 Å². The maximum absolute atomic E-state index is 13.3. The molecule has 7 rings (SSSR count). The minimum atomic E-state index is -0.665. The number of piperazine rings is 1. The summed E-state index contributed by atoms with van der Waals surface area (Å²) < 4.78 is 0. The van der Waals surface area contributed by atoms with Crippen LogP contribution in [0.4, 0.5) is 11.5 Å². The number of hydrogen-bond donors (Lipinski definition) is 3. The molecule has 6 heterocycles. The van der Waals surface area contributed by atoms with Gasteiger partial charge in [-0.15, -0.1) is 0 Å². The van der Waals surface area contributed by atoms with Crippen molar-refractivity contribution in [1.82, 2.24) is 35.3 Å². The Morgan fingerprint density at radius 1 is 0.847 bits per heavy atom. The topological polar surface area (TPSA) is 177 Å². The van der Waals surface area contributed by atoms with Crippen LogP contribution in [-0.4, -0.2) is 119 Å². The lowest BCUT2D eigenvalue weighted by molar-refractivity contribution is -0.137. The number of carbonyl (C=O) groups excluding carboxylic acids is 6. The van der Waals surface area contributed by atoms with Gasteiger partial charge in [-0.2, -0.15) is 0 Å². The highest BCUT2D eigenvalue weighted by atomic mass is 16.2. The van der Waals surface area contributed by atoms with Gasteiger partial charge < -0.3 is 30.2 Å². The molecule has 1 atom stereocenters. The van der Waals surface area contributed by atoms with Crippen LogP contribution in [0.1, 0.15) is 89.6 Å². The zero-order valence-corrected chi connectivity index (χ0v) is 33.4. The van der Waals surface area contributed by atoms with Gasteiger partial charge in [0.1, 0.15) is 11.9 Å². The molecule has 2 aromatic heterocycles. The highest BCUT2D eigenvalue weighted by Crippen LogP contribution is 2.32. The second kappa shape index (κ2) is 19.6. The number of imide groups is 1. The van der Waals surface area contributed by atoms with Crippen molar-refractivity contribution in [2.45, 2.75) is 70.4 Å². The minimum absolute atomic E-state index is 0.00814. The fourth-order valence-electron chi connectivity index (χ4n) is 8.34. The molecule has 310 valence electrons. The van der Waals surface area contributed by atoms with Crippen LogP contribution in [0.5, 0.6) is 0 Å². The number of likely N-dealkylation sites (tertiary alicyclic amines) is 1. The van der Waals surface area contributed by atoms with Crippen molar-refractivity contribution in [3.63, 3.8) is 0 Å². The lowest BCUT2D eigenvalue weighted by Gasteiger charge is -2.35. The SMILES string of the molecule is O=C(/C=C/c1cccnc1)NCCCCC1CCN(C(=O)c2ccc(N3CCN(C(=O)CCCNc4cccc5c4CN(C4CCC(=O)NC4=O)C5=O)CC3)nc2)CC1. The third-order valence-electron chi connectivity index (χ3n) is 11.8. The molecule has 0 radical (unpaired) electrons. The molecule has 1 unspecified atom stereocenters. The Balaban J connectivity index is 0.765. The van der Waals surface area contributed by atoms with Crippen molar-refractivity contribution in [2.75, 3.05) is 62.6 Å². The number of nitrogens with zero attached hydrogens (tertiary/aromatic N) is 6. The smallest absolute Gasteiger partial charge is 0.255 e. The first-order valence-corrected chi connectivity index (χ1v) is 20.9. The lowest BCUT2D eigenvalue weighted by atomic mass is 9.91. The average molecular weight is 804 g/mol. The van der Waals surface area contributed by atoms with Gasteiger partial charge in [0.2, 0.25) is 23.6 Å². The molecule has 4 aliphatic rings. The van der Waals surface area contributed by atoms with E-state index < -0.39 is 11.9 Å². The number of rotatable bonds is 15. The molecule has 3 N–H and O–H groups in total. The van der Waals surface area contributed by atoms with Gasteiger partial charge in [0, 0.05) is 113 Å². The molecule has 0 saturated carbocycles. The number of anilines is 2. The maximum atomic E-state index is 13.3. The standard InChI is InChI=1S/C44H53N9O6/c54-39(15-11-32-7-4-19-45-28-32)47-20-2-1-6-31-17-22-52(23-18-31)43(58)33-12-14-38(48-29-33)50-24-26-51(27-25-50)41(56)10-5-21-46-36-9-3-8-34-35(36)30-53(44(34)59)37-13-16-40(55)49-42(37)57/h3-4,7-9,11-12,14-15,19,28-29,31,37,46H,1-2,5-6,10,13,16-18,20-27,30H2,(H,47,54)(H,49,55,57)/b15-11+. The Bertz CT molecular complexity index is 2030. The van der Waals surface area contributed by atoms with Crippen molar-refractivity contribution in [2.24, 2.45) is 5.92 Å². The van der Waals surface area contributed by atoms with Crippen molar-refractivity contribution in [3.8, 4) is 0 Å². The van der Waals surface area contributed by atoms with Crippen LogP contribution in [0, 0.1) is 5.92 Å². The van der Waals surface area contributed by atoms with Crippen LogP contribution < -0.4 is 20.9 Å². The van der Waals surface area contributed by atoms with E-state index in [-0.39, 0.29) is 36.0 Å². The van der Waals surface area contributed by atoms with Crippen LogP contribution in [0.15, 0.2) is 67.1 Å². The number of aromatic nitrogens is 2. The van der Waals surface area contributed by atoms with E-state index in [9.17, 15) is 28.8 Å². The van der Waals surface area contributed by atoms with E-state index >= 15 is 0 Å². The summed E-state index contributed by atoms with van der Waals surface area (Å²) in [6, 6.07) is 12.3. The normalized spacial score (nSPS) is 18.6. The van der Waals surface area contributed by atoms with Gasteiger partial charge in [-0.25, -0.2) is 4.98 Å². The van der Waals surface area contributed by atoms with E-state index in [4.69, 9.17) is 0 Å². The van der Waals surface area contributed by atoms with Crippen LogP contribution in [0.3, 0.4) is 0 Å². The molecule has 15 nitrogen and oxygen atoms in total. The Morgan fingerprint density at radius 2 is 1.68 bits per heavy atom. The summed E-state index contributed by atoms with van der Waals surface area (Å²) in [5, 5.41) is 8.67. The third-order valence-corrected chi connectivity index (χ3v) is 11.8. The predicted molar refractivity (Wildman–Crippen MR) is 222 cm³/mol. The van der Waals surface area contributed by atoms with E-state index in [0.717, 1.165) is 67.8 Å². The van der Waals surface area contributed by atoms with Gasteiger partial charge >= 0.3 is 0 Å². The first-order valence-electron chi connectivity index (χ1n) is 20.9. The van der Waals surface area contributed by atoms with Gasteiger partial charge in [0.25, 0.3) is 11.8 Å². The minimum Gasteiger partial charge on any atom is -0.385 e. The summed E-state index contributed by atoms with van der Waals surface area (Å²) in [5.74, 6) is 0.408. The monoisotopic (exact) mass is 803 g/mol. The summed E-state index contributed by atoms with van der Waals surface area (Å²) in [4.78, 5) is 91.8. The van der Waals surface area contributed by atoms with Gasteiger partial charge in [-0.1, -0.05) is 25.0 Å². The number of fused-ring (bicyclic) bond motifs is 1. The zero-order chi connectivity index (χ0) is 41.1. The van der Waals surface area contributed by atoms with Crippen molar-refractivity contribution in [1.29, 1.82) is 0 Å². The largest absolute Gasteiger partial charge is 0.385 e. The van der Waals surface area contributed by atoms with Gasteiger partial charge in [-0.3, -0.25) is 39.1 Å². The number of nitrogens with one attached hydrogen (secondary N) is 3. The predicted octanol–water partition coefficient (Wildman–Crippen LogP) is 3.63. The second-order valence-corrected chi connectivity index (χ2v) is 15.7. The average Bonchev–Trinajstić information content (AvgIpc) is 3.60. The first-order chi connectivity index (χ1) is 28.7. The number of piperidine rings is 2. The summed E-state index contributed by atoms with van der Waals surface area (Å²) in [6.07, 6.45) is 14.9. The van der Waals surface area contributed by atoms with Gasteiger partial charge in [0.15, 0.2) is 0 Å². The summed E-state index contributed by atoms with van der Waals surface area (Å²) in [5.41, 5.74) is 3.66. The molecule has 3 saturated heterocycles. The number of hydrogen-bond acceptors (Lipinski definition) is 10. The van der Waals surface area contributed by atoms with E-state index in [1.807, 2.05) is 46.2 Å². The molecule has 4 aliphatic heterocycles. The van der Waals surface area contributed by atoms with E-state index in [1.165, 1.54) is 11.0 Å². The summed E-state index contributed by atoms with van der Waals surface area (Å²) in [6.45, 7) is 5.44. The number of pyridine rings is 2. The van der Waals surface area contributed by atoms with Crippen molar-refractivity contribution >= 4 is 53.0 Å². The molecule has 59 heavy (non-hydrogen) atoms. The van der Waals surface area contributed by atoms with Gasteiger partial charge in [-0.05, 0) is 80.0 Å². The van der Waals surface area contributed by atoms with Crippen molar-refractivity contribution in [3.05, 3.63) is 89.4 Å².